The van der Waals surface area contributed by atoms with E-state index in [4.69, 9.17) is 15.9 Å². The Kier molecular flexibility index (Phi) is 8.10. The van der Waals surface area contributed by atoms with Crippen molar-refractivity contribution in [2.75, 3.05) is 18.5 Å². The molecule has 0 fully saturated rings. The molecule has 2 aromatic rings. The molecule has 0 radical (unpaired) electrons. The molecule has 3 rings (SSSR count). The maximum absolute atomic E-state index is 13.0. The van der Waals surface area contributed by atoms with Crippen molar-refractivity contribution in [3.63, 3.8) is 0 Å². The van der Waals surface area contributed by atoms with Crippen molar-refractivity contribution in [3.8, 4) is 24.2 Å². The van der Waals surface area contributed by atoms with Crippen molar-refractivity contribution in [2.45, 2.75) is 32.6 Å². The van der Waals surface area contributed by atoms with Gasteiger partial charge in [-0.25, -0.2) is 4.79 Å². The monoisotopic (exact) mass is 512 g/mol. The van der Waals surface area contributed by atoms with Gasteiger partial charge in [0.25, 0.3) is 5.91 Å². The van der Waals surface area contributed by atoms with Gasteiger partial charge in [-0.1, -0.05) is 21.9 Å². The summed E-state index contributed by atoms with van der Waals surface area (Å²) < 4.78 is 11.5. The number of nitrogens with one attached hydrogen (secondary N) is 1. The molecule has 1 aromatic carbocycles. The molecule has 1 aliphatic carbocycles. The van der Waals surface area contributed by atoms with E-state index in [1.54, 1.807) is 25.1 Å². The van der Waals surface area contributed by atoms with Crippen LogP contribution in [0, 0.1) is 23.7 Å². The van der Waals surface area contributed by atoms with Gasteiger partial charge < -0.3 is 14.8 Å². The van der Waals surface area contributed by atoms with Crippen molar-refractivity contribution in [3.05, 3.63) is 49.8 Å². The minimum absolute atomic E-state index is 0.0558. The number of carbonyl (C=O) groups is 2. The fourth-order valence-electron chi connectivity index (χ4n) is 3.43. The second-order valence-electron chi connectivity index (χ2n) is 6.93. The minimum atomic E-state index is -0.612. The molecular formula is C24H21BrN2O4S. The fourth-order valence-corrected chi connectivity index (χ4v) is 5.08. The minimum Gasteiger partial charge on any atom is -0.480 e. The second kappa shape index (κ2) is 11.0. The quantitative estimate of drug-likeness (QED) is 0.240. The van der Waals surface area contributed by atoms with Crippen molar-refractivity contribution < 1.29 is 19.1 Å². The average Bonchev–Trinajstić information content (AvgIpc) is 3.14. The molecule has 32 heavy (non-hydrogen) atoms. The number of thiophene rings is 1. The van der Waals surface area contributed by atoms with Gasteiger partial charge in [-0.05, 0) is 62.4 Å². The molecule has 1 aromatic heterocycles. The van der Waals surface area contributed by atoms with Crippen molar-refractivity contribution in [1.82, 2.24) is 0 Å². The molecule has 0 saturated carbocycles. The largest absolute Gasteiger partial charge is 0.480 e. The van der Waals surface area contributed by atoms with Crippen LogP contribution in [-0.2, 0) is 22.4 Å². The predicted molar refractivity (Wildman–Crippen MR) is 128 cm³/mol. The number of aryl methyl sites for hydroxylation is 1. The predicted octanol–water partition coefficient (Wildman–Crippen LogP) is 5.12. The van der Waals surface area contributed by atoms with Gasteiger partial charge in [-0.2, -0.15) is 5.26 Å². The van der Waals surface area contributed by atoms with E-state index >= 15 is 0 Å². The first-order valence-corrected chi connectivity index (χ1v) is 11.7. The summed E-state index contributed by atoms with van der Waals surface area (Å²) in [6, 6.07) is 7.14. The summed E-state index contributed by atoms with van der Waals surface area (Å²) in [7, 11) is 0. The van der Waals surface area contributed by atoms with E-state index in [-0.39, 0.29) is 18.8 Å². The van der Waals surface area contributed by atoms with E-state index in [0.29, 0.717) is 21.9 Å². The summed E-state index contributed by atoms with van der Waals surface area (Å²) in [5, 5.41) is 12.8. The van der Waals surface area contributed by atoms with E-state index in [1.165, 1.54) is 17.4 Å². The Morgan fingerprint density at radius 2 is 2.12 bits per heavy atom. The Hall–Kier alpha value is -3.07. The lowest BCUT2D eigenvalue weighted by molar-refractivity contribution is -0.112. The normalized spacial score (nSPS) is 12.8. The zero-order valence-corrected chi connectivity index (χ0v) is 19.9. The number of ether oxygens (including phenoxy) is 2. The third kappa shape index (κ3) is 5.40. The van der Waals surface area contributed by atoms with Gasteiger partial charge in [0, 0.05) is 14.9 Å². The van der Waals surface area contributed by atoms with Crippen LogP contribution in [0.1, 0.15) is 46.1 Å². The first-order valence-electron chi connectivity index (χ1n) is 10.1. The van der Waals surface area contributed by atoms with Crippen LogP contribution in [0.2, 0.25) is 0 Å². The lowest BCUT2D eigenvalue weighted by Gasteiger charge is -2.12. The molecule has 1 amide bonds. The van der Waals surface area contributed by atoms with E-state index < -0.39 is 11.9 Å². The Balaban J connectivity index is 1.94. The van der Waals surface area contributed by atoms with Crippen LogP contribution in [0.15, 0.2) is 28.2 Å². The molecule has 1 heterocycles. The highest BCUT2D eigenvalue weighted by atomic mass is 79.9. The Bertz CT molecular complexity index is 1150. The number of carbonyl (C=O) groups excluding carboxylic acids is 2. The number of hydrogen-bond donors (Lipinski definition) is 1. The molecule has 0 atom stereocenters. The Morgan fingerprint density at radius 3 is 2.84 bits per heavy atom. The number of anilines is 1. The second-order valence-corrected chi connectivity index (χ2v) is 8.96. The molecular weight excluding hydrogens is 492 g/mol. The highest BCUT2D eigenvalue weighted by Gasteiger charge is 2.27. The lowest BCUT2D eigenvalue weighted by atomic mass is 9.95. The molecule has 0 saturated heterocycles. The van der Waals surface area contributed by atoms with Gasteiger partial charge in [-0.15, -0.1) is 17.8 Å². The highest BCUT2D eigenvalue weighted by Crippen LogP contribution is 2.39. The summed E-state index contributed by atoms with van der Waals surface area (Å²) in [5.41, 5.74) is 1.74. The van der Waals surface area contributed by atoms with Crippen molar-refractivity contribution in [1.29, 1.82) is 5.26 Å². The number of hydrogen-bond acceptors (Lipinski definition) is 6. The maximum atomic E-state index is 13.0. The first-order chi connectivity index (χ1) is 15.5. The zero-order valence-electron chi connectivity index (χ0n) is 17.5. The number of fused-ring (bicyclic) bond motifs is 1. The van der Waals surface area contributed by atoms with Gasteiger partial charge in [0.2, 0.25) is 0 Å². The zero-order chi connectivity index (χ0) is 23.1. The van der Waals surface area contributed by atoms with E-state index in [1.807, 2.05) is 6.07 Å². The number of amides is 1. The number of nitriles is 1. The first kappa shape index (κ1) is 23.6. The number of nitrogens with zero attached hydrogens (tertiary/aromatic N) is 1. The van der Waals surface area contributed by atoms with Crippen LogP contribution in [-0.4, -0.2) is 25.1 Å². The number of rotatable bonds is 7. The van der Waals surface area contributed by atoms with Crippen molar-refractivity contribution >= 4 is 50.2 Å². The van der Waals surface area contributed by atoms with Crippen molar-refractivity contribution in [2.24, 2.45) is 0 Å². The molecule has 1 N–H and O–H groups in total. The molecule has 164 valence electrons. The van der Waals surface area contributed by atoms with Crippen LogP contribution < -0.4 is 10.1 Å². The molecule has 0 bridgehead atoms. The summed E-state index contributed by atoms with van der Waals surface area (Å²) in [6.07, 6.45) is 10.3. The molecule has 0 unspecified atom stereocenters. The van der Waals surface area contributed by atoms with E-state index in [9.17, 15) is 14.9 Å². The lowest BCUT2D eigenvalue weighted by Crippen LogP contribution is -2.16. The SMILES string of the molecule is C#CCOc1ccc(Br)cc1/C=C(\C#N)C(=O)Nc1sc2c(c1C(=O)OCC)CCCC2. The summed E-state index contributed by atoms with van der Waals surface area (Å²) >= 11 is 4.75. The third-order valence-electron chi connectivity index (χ3n) is 4.83. The number of esters is 1. The topological polar surface area (TPSA) is 88.4 Å². The number of terminal acetylenes is 1. The Labute approximate surface area is 199 Å². The standard InChI is InChI=1S/C24H21BrN2O4S/c1-3-11-31-19-10-9-17(25)13-15(19)12-16(14-26)22(28)27-23-21(24(29)30-4-2)18-7-5-6-8-20(18)32-23/h1,9-10,12-13H,4-8,11H2,2H3,(H,27,28)/b16-12+. The number of halogens is 1. The van der Waals surface area contributed by atoms with Gasteiger partial charge in [0.15, 0.2) is 0 Å². The maximum Gasteiger partial charge on any atom is 0.341 e. The van der Waals surface area contributed by atoms with Crippen LogP contribution in [0.3, 0.4) is 0 Å². The van der Waals surface area contributed by atoms with Crippen LogP contribution in [0.4, 0.5) is 5.00 Å². The molecule has 0 aliphatic heterocycles. The van der Waals surface area contributed by atoms with Gasteiger partial charge >= 0.3 is 5.97 Å². The molecule has 8 heteroatoms. The molecule has 6 nitrogen and oxygen atoms in total. The smallest absolute Gasteiger partial charge is 0.341 e. The van der Waals surface area contributed by atoms with Gasteiger partial charge in [-0.3, -0.25) is 4.79 Å². The van der Waals surface area contributed by atoms with Crippen LogP contribution in [0.5, 0.6) is 5.75 Å². The fraction of sp³-hybridized carbons (Fsp3) is 0.292. The van der Waals surface area contributed by atoms with E-state index in [2.05, 4.69) is 27.2 Å². The summed E-state index contributed by atoms with van der Waals surface area (Å²) in [5.74, 6) is 1.77. The Morgan fingerprint density at radius 1 is 1.34 bits per heavy atom. The third-order valence-corrected chi connectivity index (χ3v) is 6.53. The highest BCUT2D eigenvalue weighted by molar-refractivity contribution is 9.10. The van der Waals surface area contributed by atoms with Gasteiger partial charge in [0.1, 0.15) is 29.0 Å². The molecule has 0 spiro atoms. The summed E-state index contributed by atoms with van der Waals surface area (Å²) in [4.78, 5) is 26.7. The molecule has 1 aliphatic rings. The van der Waals surface area contributed by atoms with E-state index in [0.717, 1.165) is 40.6 Å². The van der Waals surface area contributed by atoms with Gasteiger partial charge in [0.05, 0.1) is 12.2 Å². The number of benzene rings is 1. The van der Waals surface area contributed by atoms with Crippen LogP contribution in [0.25, 0.3) is 6.08 Å². The average molecular weight is 513 g/mol. The summed E-state index contributed by atoms with van der Waals surface area (Å²) in [6.45, 7) is 2.03. The van der Waals surface area contributed by atoms with Crippen LogP contribution >= 0.6 is 27.3 Å².